The van der Waals surface area contributed by atoms with Crippen molar-refractivity contribution in [3.05, 3.63) is 35.6 Å². The third-order valence-corrected chi connectivity index (χ3v) is 3.11. The molecule has 0 bridgehead atoms. The van der Waals surface area contributed by atoms with Crippen LogP contribution in [0.15, 0.2) is 24.3 Å². The van der Waals surface area contributed by atoms with Gasteiger partial charge in [0, 0.05) is 6.54 Å². The molecule has 0 heterocycles. The van der Waals surface area contributed by atoms with Gasteiger partial charge >= 0.3 is 0 Å². The molecule has 0 aromatic heterocycles. The Balaban J connectivity index is 2.10. The Kier molecular flexibility index (Phi) is 7.62. The van der Waals surface area contributed by atoms with Crippen LogP contribution in [0.5, 0.6) is 0 Å². The number of halogens is 1. The first kappa shape index (κ1) is 15.1. The third kappa shape index (κ3) is 6.72. The highest BCUT2D eigenvalue weighted by atomic mass is 19.1. The fourth-order valence-corrected chi connectivity index (χ4v) is 2.04. The molecule has 2 nitrogen and oxygen atoms in total. The van der Waals surface area contributed by atoms with E-state index in [4.69, 9.17) is 5.73 Å². The molecule has 0 unspecified atom stereocenters. The SMILES string of the molecule is CN(CCCCCCCN)Cc1ccc(F)cc1. The van der Waals surface area contributed by atoms with Gasteiger partial charge in [-0.1, -0.05) is 31.4 Å². The molecule has 0 aliphatic carbocycles. The quantitative estimate of drug-likeness (QED) is 0.684. The molecule has 102 valence electrons. The van der Waals surface area contributed by atoms with Gasteiger partial charge in [0.1, 0.15) is 5.82 Å². The molecule has 0 aliphatic heterocycles. The van der Waals surface area contributed by atoms with Crippen LogP contribution in [0.4, 0.5) is 4.39 Å². The van der Waals surface area contributed by atoms with Crippen molar-refractivity contribution in [3.63, 3.8) is 0 Å². The van der Waals surface area contributed by atoms with Crippen LogP contribution in [-0.4, -0.2) is 25.0 Å². The highest BCUT2D eigenvalue weighted by Gasteiger charge is 2.00. The van der Waals surface area contributed by atoms with Crippen LogP contribution in [0.25, 0.3) is 0 Å². The van der Waals surface area contributed by atoms with E-state index in [-0.39, 0.29) is 5.82 Å². The summed E-state index contributed by atoms with van der Waals surface area (Å²) in [5.74, 6) is -0.165. The first-order valence-electron chi connectivity index (χ1n) is 6.85. The van der Waals surface area contributed by atoms with Crippen LogP contribution in [0.2, 0.25) is 0 Å². The maximum atomic E-state index is 12.8. The van der Waals surface area contributed by atoms with Crippen molar-refractivity contribution >= 4 is 0 Å². The second-order valence-corrected chi connectivity index (χ2v) is 4.92. The van der Waals surface area contributed by atoms with E-state index in [0.717, 1.165) is 26.1 Å². The van der Waals surface area contributed by atoms with Crippen LogP contribution in [0.3, 0.4) is 0 Å². The highest BCUT2D eigenvalue weighted by Crippen LogP contribution is 2.07. The first-order valence-corrected chi connectivity index (χ1v) is 6.85. The first-order chi connectivity index (χ1) is 8.72. The van der Waals surface area contributed by atoms with Gasteiger partial charge < -0.3 is 10.6 Å². The van der Waals surface area contributed by atoms with E-state index in [1.54, 1.807) is 0 Å². The van der Waals surface area contributed by atoms with E-state index >= 15 is 0 Å². The summed E-state index contributed by atoms with van der Waals surface area (Å²) in [6.07, 6.45) is 6.17. The molecule has 1 rings (SSSR count). The summed E-state index contributed by atoms with van der Waals surface area (Å²) in [4.78, 5) is 2.29. The summed E-state index contributed by atoms with van der Waals surface area (Å²) in [7, 11) is 2.11. The van der Waals surface area contributed by atoms with Crippen LogP contribution in [-0.2, 0) is 6.54 Å². The number of nitrogens with two attached hydrogens (primary N) is 1. The van der Waals surface area contributed by atoms with Crippen molar-refractivity contribution in [1.29, 1.82) is 0 Å². The van der Waals surface area contributed by atoms with Crippen molar-refractivity contribution in [3.8, 4) is 0 Å². The van der Waals surface area contributed by atoms with Crippen molar-refractivity contribution in [1.82, 2.24) is 4.90 Å². The molecule has 0 spiro atoms. The number of rotatable bonds is 9. The molecular formula is C15H25FN2. The molecule has 0 aliphatic rings. The smallest absolute Gasteiger partial charge is 0.123 e. The molecular weight excluding hydrogens is 227 g/mol. The molecule has 3 heteroatoms. The van der Waals surface area contributed by atoms with E-state index in [1.807, 2.05) is 12.1 Å². The van der Waals surface area contributed by atoms with Crippen LogP contribution in [0.1, 0.15) is 37.7 Å². The molecule has 0 fully saturated rings. The summed E-state index contributed by atoms with van der Waals surface area (Å²) in [6.45, 7) is 2.80. The maximum Gasteiger partial charge on any atom is 0.123 e. The zero-order valence-corrected chi connectivity index (χ0v) is 11.4. The van der Waals surface area contributed by atoms with Crippen molar-refractivity contribution in [2.24, 2.45) is 5.73 Å². The van der Waals surface area contributed by atoms with Crippen LogP contribution < -0.4 is 5.73 Å². The van der Waals surface area contributed by atoms with Crippen molar-refractivity contribution in [2.45, 2.75) is 38.6 Å². The van der Waals surface area contributed by atoms with E-state index in [1.165, 1.54) is 43.4 Å². The van der Waals surface area contributed by atoms with Gasteiger partial charge in [0.05, 0.1) is 0 Å². The normalized spacial score (nSPS) is 11.1. The summed E-state index contributed by atoms with van der Waals surface area (Å²) in [5, 5.41) is 0. The van der Waals surface area contributed by atoms with Crippen LogP contribution >= 0.6 is 0 Å². The monoisotopic (exact) mass is 252 g/mol. The molecule has 0 atom stereocenters. The Hall–Kier alpha value is -0.930. The highest BCUT2D eigenvalue weighted by molar-refractivity contribution is 5.15. The number of hydrogen-bond acceptors (Lipinski definition) is 2. The van der Waals surface area contributed by atoms with Gasteiger partial charge in [-0.2, -0.15) is 0 Å². The number of nitrogens with zero attached hydrogens (tertiary/aromatic N) is 1. The fourth-order valence-electron chi connectivity index (χ4n) is 2.04. The van der Waals surface area contributed by atoms with Gasteiger partial charge in [-0.25, -0.2) is 4.39 Å². The van der Waals surface area contributed by atoms with Gasteiger partial charge in [-0.15, -0.1) is 0 Å². The van der Waals surface area contributed by atoms with Crippen molar-refractivity contribution in [2.75, 3.05) is 20.1 Å². The third-order valence-electron chi connectivity index (χ3n) is 3.11. The zero-order chi connectivity index (χ0) is 13.2. The summed E-state index contributed by atoms with van der Waals surface area (Å²) < 4.78 is 12.8. The molecule has 1 aromatic carbocycles. The minimum absolute atomic E-state index is 0.165. The Labute approximate surface area is 110 Å². The number of hydrogen-bond donors (Lipinski definition) is 1. The van der Waals surface area contributed by atoms with E-state index in [0.29, 0.717) is 0 Å². The Morgan fingerprint density at radius 2 is 1.61 bits per heavy atom. The number of benzene rings is 1. The van der Waals surface area contributed by atoms with E-state index < -0.39 is 0 Å². The Morgan fingerprint density at radius 3 is 2.28 bits per heavy atom. The summed E-state index contributed by atoms with van der Waals surface area (Å²) >= 11 is 0. The Morgan fingerprint density at radius 1 is 1.00 bits per heavy atom. The summed E-state index contributed by atoms with van der Waals surface area (Å²) in [6, 6.07) is 6.76. The lowest BCUT2D eigenvalue weighted by Crippen LogP contribution is -2.19. The summed E-state index contributed by atoms with van der Waals surface area (Å²) in [5.41, 5.74) is 6.62. The van der Waals surface area contributed by atoms with Gasteiger partial charge in [-0.05, 0) is 50.7 Å². The second-order valence-electron chi connectivity index (χ2n) is 4.92. The van der Waals surface area contributed by atoms with Gasteiger partial charge in [0.2, 0.25) is 0 Å². The largest absolute Gasteiger partial charge is 0.330 e. The fraction of sp³-hybridized carbons (Fsp3) is 0.600. The lowest BCUT2D eigenvalue weighted by atomic mass is 10.1. The molecule has 1 aromatic rings. The predicted molar refractivity (Wildman–Crippen MR) is 74.9 cm³/mol. The molecule has 0 saturated carbocycles. The predicted octanol–water partition coefficient (Wildman–Crippen LogP) is 3.17. The molecule has 2 N–H and O–H groups in total. The van der Waals surface area contributed by atoms with Gasteiger partial charge in [-0.3, -0.25) is 0 Å². The van der Waals surface area contributed by atoms with Crippen molar-refractivity contribution < 1.29 is 4.39 Å². The average Bonchev–Trinajstić information content (AvgIpc) is 2.36. The average molecular weight is 252 g/mol. The Bertz CT molecular complexity index is 311. The van der Waals surface area contributed by atoms with E-state index in [2.05, 4.69) is 11.9 Å². The minimum atomic E-state index is -0.165. The zero-order valence-electron chi connectivity index (χ0n) is 11.4. The molecule has 0 saturated heterocycles. The minimum Gasteiger partial charge on any atom is -0.330 e. The molecule has 0 amide bonds. The topological polar surface area (TPSA) is 29.3 Å². The lowest BCUT2D eigenvalue weighted by Gasteiger charge is -2.16. The second kappa shape index (κ2) is 9.06. The molecule has 0 radical (unpaired) electrons. The number of unbranched alkanes of at least 4 members (excludes halogenated alkanes) is 4. The van der Waals surface area contributed by atoms with Gasteiger partial charge in [0.15, 0.2) is 0 Å². The van der Waals surface area contributed by atoms with E-state index in [9.17, 15) is 4.39 Å². The van der Waals surface area contributed by atoms with Gasteiger partial charge in [0.25, 0.3) is 0 Å². The lowest BCUT2D eigenvalue weighted by molar-refractivity contribution is 0.316. The maximum absolute atomic E-state index is 12.8. The van der Waals surface area contributed by atoms with Crippen LogP contribution in [0, 0.1) is 5.82 Å². The standard InChI is InChI=1S/C15H25FN2/c1-18(12-6-4-2-3-5-11-17)13-14-7-9-15(16)10-8-14/h7-10H,2-6,11-13,17H2,1H3. The molecule has 18 heavy (non-hydrogen) atoms.